The fourth-order valence-corrected chi connectivity index (χ4v) is 3.67. The molecule has 0 aliphatic heterocycles. The van der Waals surface area contributed by atoms with E-state index in [-0.39, 0.29) is 25.8 Å². The van der Waals surface area contributed by atoms with Crippen LogP contribution in [0, 0.1) is 11.3 Å². The van der Waals surface area contributed by atoms with Gasteiger partial charge in [-0.1, -0.05) is 81.7 Å². The largest absolute Gasteiger partial charge is 0.244 e. The topological polar surface area (TPSA) is 36.7 Å². The fourth-order valence-electron chi connectivity index (χ4n) is 2.39. The monoisotopic (exact) mass is 460 g/mol. The lowest BCUT2D eigenvalue weighted by Gasteiger charge is -2.12. The van der Waals surface area contributed by atoms with Crippen molar-refractivity contribution >= 4 is 69.6 Å². The van der Waals surface area contributed by atoms with E-state index in [4.69, 9.17) is 69.6 Å². The Hall–Kier alpha value is -1.18. The van der Waals surface area contributed by atoms with Gasteiger partial charge in [-0.3, -0.25) is 0 Å². The first kappa shape index (κ1) is 19.6. The first-order chi connectivity index (χ1) is 12.3. The van der Waals surface area contributed by atoms with Crippen molar-refractivity contribution in [3.63, 3.8) is 0 Å². The Balaban J connectivity index is 2.26. The summed E-state index contributed by atoms with van der Waals surface area (Å²) in [5, 5.41) is 11.0. The molecule has 130 valence electrons. The van der Waals surface area contributed by atoms with Crippen LogP contribution in [-0.4, -0.2) is 4.98 Å². The van der Waals surface area contributed by atoms with Crippen LogP contribution in [0.3, 0.4) is 0 Å². The summed E-state index contributed by atoms with van der Waals surface area (Å²) in [5.74, 6) is 0. The van der Waals surface area contributed by atoms with Crippen molar-refractivity contribution in [2.24, 2.45) is 0 Å². The molecule has 1 aromatic heterocycles. The summed E-state index contributed by atoms with van der Waals surface area (Å²) in [5.41, 5.74) is 2.48. The van der Waals surface area contributed by atoms with E-state index < -0.39 is 0 Å². The van der Waals surface area contributed by atoms with Crippen LogP contribution in [-0.2, 0) is 0 Å². The number of aromatic nitrogens is 1. The van der Waals surface area contributed by atoms with Crippen LogP contribution in [0.5, 0.6) is 0 Å². The molecule has 0 aliphatic rings. The Morgan fingerprint density at radius 1 is 0.692 bits per heavy atom. The maximum atomic E-state index is 9.41. The predicted molar refractivity (Wildman–Crippen MR) is 110 cm³/mol. The number of nitriles is 1. The molecule has 26 heavy (non-hydrogen) atoms. The smallest absolute Gasteiger partial charge is 0.148 e. The van der Waals surface area contributed by atoms with Crippen LogP contribution >= 0.6 is 69.6 Å². The maximum Gasteiger partial charge on any atom is 0.148 e. The molecule has 0 aliphatic carbocycles. The van der Waals surface area contributed by atoms with Crippen LogP contribution < -0.4 is 0 Å². The van der Waals surface area contributed by atoms with E-state index in [0.717, 1.165) is 0 Å². The van der Waals surface area contributed by atoms with E-state index in [1.54, 1.807) is 30.3 Å². The highest BCUT2D eigenvalue weighted by Crippen LogP contribution is 2.42. The predicted octanol–water partition coefficient (Wildman–Crippen LogP) is 8.21. The van der Waals surface area contributed by atoms with Gasteiger partial charge in [0, 0.05) is 28.5 Å². The van der Waals surface area contributed by atoms with Crippen LogP contribution in [0.1, 0.15) is 5.69 Å². The summed E-state index contributed by atoms with van der Waals surface area (Å²) in [6, 6.07) is 10.4. The van der Waals surface area contributed by atoms with Crippen LogP contribution in [0.4, 0.5) is 0 Å². The van der Waals surface area contributed by atoms with E-state index in [0.29, 0.717) is 32.3 Å². The van der Waals surface area contributed by atoms with Gasteiger partial charge in [0.25, 0.3) is 0 Å². The summed E-state index contributed by atoms with van der Waals surface area (Å²) in [6.45, 7) is 0. The molecule has 0 atom stereocenters. The standard InChI is InChI=1S/C18H6Cl6N2/c19-12-3-1-9(15(21)17(12)23)8-5-11(14(6-25)26-7-8)10-2-4-13(20)18(24)16(10)22/h1-5,7H. The highest BCUT2D eigenvalue weighted by Gasteiger charge is 2.17. The zero-order valence-corrected chi connectivity index (χ0v) is 17.2. The molecular formula is C18H6Cl6N2. The molecule has 0 N–H and O–H groups in total. The van der Waals surface area contributed by atoms with Gasteiger partial charge in [0.15, 0.2) is 0 Å². The highest BCUT2D eigenvalue weighted by atomic mass is 35.5. The fraction of sp³-hybridized carbons (Fsp3) is 0. The number of halogens is 6. The van der Waals surface area contributed by atoms with Gasteiger partial charge in [0.05, 0.1) is 30.1 Å². The molecule has 2 nitrogen and oxygen atoms in total. The molecule has 2 aromatic carbocycles. The average molecular weight is 463 g/mol. The van der Waals surface area contributed by atoms with Crippen molar-refractivity contribution in [2.75, 3.05) is 0 Å². The molecule has 3 aromatic rings. The molecule has 3 rings (SSSR count). The normalized spacial score (nSPS) is 10.7. The number of nitrogens with zero attached hydrogens (tertiary/aromatic N) is 2. The highest BCUT2D eigenvalue weighted by molar-refractivity contribution is 6.50. The van der Waals surface area contributed by atoms with Gasteiger partial charge >= 0.3 is 0 Å². The van der Waals surface area contributed by atoms with Crippen LogP contribution in [0.15, 0.2) is 36.5 Å². The average Bonchev–Trinajstić information content (AvgIpc) is 2.64. The van der Waals surface area contributed by atoms with Crippen molar-refractivity contribution in [3.05, 3.63) is 72.4 Å². The van der Waals surface area contributed by atoms with Crippen molar-refractivity contribution in [1.29, 1.82) is 5.26 Å². The van der Waals surface area contributed by atoms with Crippen LogP contribution in [0.25, 0.3) is 22.3 Å². The molecule has 0 saturated carbocycles. The lowest BCUT2D eigenvalue weighted by atomic mass is 9.99. The Morgan fingerprint density at radius 2 is 1.23 bits per heavy atom. The zero-order chi connectivity index (χ0) is 19.0. The molecule has 0 radical (unpaired) electrons. The van der Waals surface area contributed by atoms with Crippen molar-refractivity contribution in [2.45, 2.75) is 0 Å². The van der Waals surface area contributed by atoms with E-state index in [1.165, 1.54) is 6.20 Å². The molecule has 1 heterocycles. The Kier molecular flexibility index (Phi) is 5.89. The van der Waals surface area contributed by atoms with Crippen LogP contribution in [0.2, 0.25) is 30.1 Å². The summed E-state index contributed by atoms with van der Waals surface area (Å²) in [7, 11) is 0. The SMILES string of the molecule is N#Cc1ncc(-c2ccc(Cl)c(Cl)c2Cl)cc1-c1ccc(Cl)c(Cl)c1Cl. The third-order valence-electron chi connectivity index (χ3n) is 3.67. The van der Waals surface area contributed by atoms with Gasteiger partial charge in [-0.05, 0) is 18.2 Å². The van der Waals surface area contributed by atoms with E-state index >= 15 is 0 Å². The lowest BCUT2D eigenvalue weighted by Crippen LogP contribution is -1.93. The Bertz CT molecular complexity index is 1070. The third kappa shape index (κ3) is 3.49. The second kappa shape index (κ2) is 7.82. The lowest BCUT2D eigenvalue weighted by molar-refractivity contribution is 1.26. The molecule has 8 heteroatoms. The minimum absolute atomic E-state index is 0.185. The number of hydrogen-bond donors (Lipinski definition) is 0. The van der Waals surface area contributed by atoms with Crippen molar-refractivity contribution in [3.8, 4) is 28.3 Å². The van der Waals surface area contributed by atoms with Crippen molar-refractivity contribution in [1.82, 2.24) is 4.98 Å². The molecule has 0 spiro atoms. The number of pyridine rings is 1. The quantitative estimate of drug-likeness (QED) is 0.360. The Morgan fingerprint density at radius 3 is 1.81 bits per heavy atom. The molecule has 0 bridgehead atoms. The molecule has 0 amide bonds. The maximum absolute atomic E-state index is 9.41. The first-order valence-corrected chi connectivity index (χ1v) is 9.29. The minimum atomic E-state index is 0.185. The van der Waals surface area contributed by atoms with Gasteiger partial charge in [0.2, 0.25) is 0 Å². The summed E-state index contributed by atoms with van der Waals surface area (Å²) in [4.78, 5) is 4.21. The van der Waals surface area contributed by atoms with Gasteiger partial charge in [-0.2, -0.15) is 5.26 Å². The number of benzene rings is 2. The van der Waals surface area contributed by atoms with E-state index in [1.807, 2.05) is 6.07 Å². The van der Waals surface area contributed by atoms with Gasteiger partial charge < -0.3 is 0 Å². The van der Waals surface area contributed by atoms with E-state index in [9.17, 15) is 5.26 Å². The van der Waals surface area contributed by atoms with E-state index in [2.05, 4.69) is 4.98 Å². The minimum Gasteiger partial charge on any atom is -0.244 e. The second-order valence-corrected chi connectivity index (χ2v) is 7.50. The summed E-state index contributed by atoms with van der Waals surface area (Å²) in [6.07, 6.45) is 1.53. The first-order valence-electron chi connectivity index (χ1n) is 7.03. The number of hydrogen-bond acceptors (Lipinski definition) is 2. The Labute approximate surface area is 179 Å². The molecule has 0 saturated heterocycles. The van der Waals surface area contributed by atoms with Gasteiger partial charge in [-0.15, -0.1) is 0 Å². The van der Waals surface area contributed by atoms with Gasteiger partial charge in [-0.25, -0.2) is 4.98 Å². The zero-order valence-electron chi connectivity index (χ0n) is 12.6. The summed E-state index contributed by atoms with van der Waals surface area (Å²) < 4.78 is 0. The second-order valence-electron chi connectivity index (χ2n) is 5.18. The van der Waals surface area contributed by atoms with Crippen molar-refractivity contribution < 1.29 is 0 Å². The number of rotatable bonds is 2. The molecule has 0 unspecified atom stereocenters. The third-order valence-corrected chi connectivity index (χ3v) is 6.25. The molecule has 0 fully saturated rings. The summed E-state index contributed by atoms with van der Waals surface area (Å²) >= 11 is 36.8. The van der Waals surface area contributed by atoms with Gasteiger partial charge in [0.1, 0.15) is 11.8 Å². The molecular weight excluding hydrogens is 457 g/mol.